The number of nitrogens with one attached hydrogen (secondary N) is 1. The number of halogens is 2. The van der Waals surface area contributed by atoms with Crippen LogP contribution in [0, 0.1) is 0 Å². The van der Waals surface area contributed by atoms with Gasteiger partial charge in [-0.15, -0.1) is 0 Å². The van der Waals surface area contributed by atoms with Crippen LogP contribution in [0.5, 0.6) is 11.5 Å². The molecule has 33 heavy (non-hydrogen) atoms. The van der Waals surface area contributed by atoms with Crippen molar-refractivity contribution in [1.29, 1.82) is 0 Å². The molecule has 8 heteroatoms. The number of pyridine rings is 1. The molecule has 1 aromatic carbocycles. The lowest BCUT2D eigenvalue weighted by Gasteiger charge is -2.19. The molecule has 3 aromatic rings. The van der Waals surface area contributed by atoms with Crippen LogP contribution in [0.1, 0.15) is 64.4 Å². The first-order valence-corrected chi connectivity index (χ1v) is 11.0. The third kappa shape index (κ3) is 6.43. The Balaban J connectivity index is 0.00000129. The molecule has 0 aliphatic carbocycles. The van der Waals surface area contributed by atoms with Crippen molar-refractivity contribution in [2.45, 2.75) is 60.5 Å². The number of carbonyl (C=O) groups is 1. The van der Waals surface area contributed by atoms with E-state index in [1.165, 1.54) is 20.2 Å². The van der Waals surface area contributed by atoms with E-state index in [0.717, 1.165) is 11.2 Å². The van der Waals surface area contributed by atoms with Gasteiger partial charge in [-0.05, 0) is 35.2 Å². The number of nitrogens with zero attached hydrogens (tertiary/aromatic N) is 2. The van der Waals surface area contributed by atoms with Crippen LogP contribution >= 0.6 is 0 Å². The summed E-state index contributed by atoms with van der Waals surface area (Å²) in [6, 6.07) is 6.96. The number of alkyl halides is 2. The minimum atomic E-state index is -3.09. The predicted octanol–water partition coefficient (Wildman–Crippen LogP) is 6.32. The fourth-order valence-corrected chi connectivity index (χ4v) is 3.10. The van der Waals surface area contributed by atoms with Crippen molar-refractivity contribution in [2.24, 2.45) is 0 Å². The molecule has 0 fully saturated rings. The summed E-state index contributed by atoms with van der Waals surface area (Å²) in [6.45, 7) is 11.2. The minimum Gasteiger partial charge on any atom is -0.496 e. The van der Waals surface area contributed by atoms with Gasteiger partial charge in [0.05, 0.1) is 19.0 Å². The summed E-state index contributed by atoms with van der Waals surface area (Å²) in [5.74, 6) is -0.731. The third-order valence-electron chi connectivity index (χ3n) is 4.63. The summed E-state index contributed by atoms with van der Waals surface area (Å²) in [5.41, 5.74) is 2.89. The van der Waals surface area contributed by atoms with E-state index in [2.05, 4.69) is 35.8 Å². The number of hydrogen-bond donors (Lipinski definition) is 1. The average Bonchev–Trinajstić information content (AvgIpc) is 3.23. The van der Waals surface area contributed by atoms with Crippen LogP contribution < -0.4 is 14.8 Å². The van der Waals surface area contributed by atoms with Crippen LogP contribution in [-0.4, -0.2) is 36.1 Å². The Morgan fingerprint density at radius 1 is 1.09 bits per heavy atom. The largest absolute Gasteiger partial charge is 0.496 e. The summed E-state index contributed by atoms with van der Waals surface area (Å²) < 4.78 is 37.7. The monoisotopic (exact) mass is 463 g/mol. The van der Waals surface area contributed by atoms with Crippen molar-refractivity contribution < 1.29 is 23.0 Å². The fraction of sp³-hybridized carbons (Fsp3) is 0.440. The second-order valence-electron chi connectivity index (χ2n) is 7.55. The van der Waals surface area contributed by atoms with Crippen LogP contribution in [0.3, 0.4) is 0 Å². The molecule has 1 amide bonds. The SMILES string of the molecule is CC.CC.CNC(=O)c1c(OC)cc(-c2cnc3cc(C(C)(C)C)ccn23)cc1OC(F)F. The minimum absolute atomic E-state index is 0.0372. The maximum Gasteiger partial charge on any atom is 0.387 e. The molecule has 2 aromatic heterocycles. The smallest absolute Gasteiger partial charge is 0.387 e. The van der Waals surface area contributed by atoms with E-state index in [9.17, 15) is 13.6 Å². The lowest BCUT2D eigenvalue weighted by molar-refractivity contribution is -0.0502. The summed E-state index contributed by atoms with van der Waals surface area (Å²) in [7, 11) is 2.76. The van der Waals surface area contributed by atoms with Gasteiger partial charge in [0.1, 0.15) is 22.7 Å². The Kier molecular flexibility index (Phi) is 10.3. The van der Waals surface area contributed by atoms with E-state index in [1.807, 2.05) is 50.4 Å². The Morgan fingerprint density at radius 3 is 2.21 bits per heavy atom. The number of benzene rings is 1. The highest BCUT2D eigenvalue weighted by Crippen LogP contribution is 2.36. The van der Waals surface area contributed by atoms with E-state index in [0.29, 0.717) is 11.3 Å². The molecule has 3 rings (SSSR count). The zero-order valence-corrected chi connectivity index (χ0v) is 20.9. The van der Waals surface area contributed by atoms with Crippen molar-refractivity contribution in [3.63, 3.8) is 0 Å². The van der Waals surface area contributed by atoms with Gasteiger partial charge in [0.2, 0.25) is 0 Å². The van der Waals surface area contributed by atoms with Gasteiger partial charge in [0.15, 0.2) is 0 Å². The molecule has 0 aliphatic rings. The molecule has 0 saturated heterocycles. The molecule has 0 unspecified atom stereocenters. The zero-order chi connectivity index (χ0) is 25.3. The predicted molar refractivity (Wildman–Crippen MR) is 129 cm³/mol. The lowest BCUT2D eigenvalue weighted by Crippen LogP contribution is -2.20. The molecule has 0 aliphatic heterocycles. The number of carbonyl (C=O) groups excluding carboxylic acids is 1. The lowest BCUT2D eigenvalue weighted by atomic mass is 9.88. The molecule has 0 saturated carbocycles. The molecule has 182 valence electrons. The molecule has 2 heterocycles. The molecule has 0 radical (unpaired) electrons. The van der Waals surface area contributed by atoms with Gasteiger partial charge in [-0.3, -0.25) is 9.20 Å². The summed E-state index contributed by atoms with van der Waals surface area (Å²) in [5, 5.41) is 2.41. The van der Waals surface area contributed by atoms with Crippen molar-refractivity contribution in [2.75, 3.05) is 14.2 Å². The van der Waals surface area contributed by atoms with Gasteiger partial charge in [-0.25, -0.2) is 4.98 Å². The molecular weight excluding hydrogens is 428 g/mol. The van der Waals surface area contributed by atoms with Crippen molar-refractivity contribution >= 4 is 11.6 Å². The van der Waals surface area contributed by atoms with Crippen LogP contribution in [-0.2, 0) is 5.41 Å². The molecule has 6 nitrogen and oxygen atoms in total. The van der Waals surface area contributed by atoms with Crippen LogP contribution in [0.15, 0.2) is 36.7 Å². The summed E-state index contributed by atoms with van der Waals surface area (Å²) >= 11 is 0. The van der Waals surface area contributed by atoms with E-state index < -0.39 is 12.5 Å². The number of rotatable bonds is 5. The highest BCUT2D eigenvalue weighted by molar-refractivity contribution is 6.00. The number of fused-ring (bicyclic) bond motifs is 1. The first kappa shape index (κ1) is 27.9. The van der Waals surface area contributed by atoms with Crippen LogP contribution in [0.25, 0.3) is 16.9 Å². The number of methoxy groups -OCH3 is 1. The Labute approximate surface area is 194 Å². The van der Waals surface area contributed by atoms with Gasteiger partial charge in [0.25, 0.3) is 5.91 Å². The summed E-state index contributed by atoms with van der Waals surface area (Å²) in [4.78, 5) is 16.6. The van der Waals surface area contributed by atoms with E-state index in [1.54, 1.807) is 12.3 Å². The molecule has 0 bridgehead atoms. The first-order chi connectivity index (χ1) is 15.7. The quantitative estimate of drug-likeness (QED) is 0.481. The number of amides is 1. The van der Waals surface area contributed by atoms with Gasteiger partial charge in [0, 0.05) is 18.8 Å². The van der Waals surface area contributed by atoms with E-state index in [4.69, 9.17) is 4.74 Å². The van der Waals surface area contributed by atoms with Gasteiger partial charge < -0.3 is 14.8 Å². The highest BCUT2D eigenvalue weighted by Gasteiger charge is 2.23. The second-order valence-corrected chi connectivity index (χ2v) is 7.55. The standard InChI is InChI=1S/C21H23F2N3O3.2C2H6/c1-21(2,3)13-6-7-26-14(11-25-17(26)10-13)12-8-15(28-5)18(19(27)24-4)16(9-12)29-20(22)23;2*1-2/h6-11,20H,1-5H3,(H,24,27);2*1-2H3. The van der Waals surface area contributed by atoms with Gasteiger partial charge in [-0.2, -0.15) is 8.78 Å². The Hall–Kier alpha value is -3.16. The second kappa shape index (κ2) is 12.2. The fourth-order valence-electron chi connectivity index (χ4n) is 3.10. The van der Waals surface area contributed by atoms with Crippen molar-refractivity contribution in [1.82, 2.24) is 14.7 Å². The number of hydrogen-bond acceptors (Lipinski definition) is 4. The van der Waals surface area contributed by atoms with Crippen molar-refractivity contribution in [3.05, 3.63) is 47.8 Å². The van der Waals surface area contributed by atoms with Crippen LogP contribution in [0.2, 0.25) is 0 Å². The maximum atomic E-state index is 13.0. The Morgan fingerprint density at radius 2 is 1.70 bits per heavy atom. The molecule has 1 N–H and O–H groups in total. The van der Waals surface area contributed by atoms with Crippen molar-refractivity contribution in [3.8, 4) is 22.8 Å². The maximum absolute atomic E-state index is 13.0. The van der Waals surface area contributed by atoms with Crippen LogP contribution in [0.4, 0.5) is 8.78 Å². The van der Waals surface area contributed by atoms with E-state index in [-0.39, 0.29) is 22.5 Å². The first-order valence-electron chi connectivity index (χ1n) is 11.0. The van der Waals surface area contributed by atoms with Gasteiger partial charge in [-0.1, -0.05) is 48.5 Å². The summed E-state index contributed by atoms with van der Waals surface area (Å²) in [6.07, 6.45) is 3.52. The Bertz CT molecular complexity index is 1060. The highest BCUT2D eigenvalue weighted by atomic mass is 19.3. The average molecular weight is 464 g/mol. The third-order valence-corrected chi connectivity index (χ3v) is 4.63. The van der Waals surface area contributed by atoms with E-state index >= 15 is 0 Å². The number of ether oxygens (including phenoxy) is 2. The number of aromatic nitrogens is 2. The molecule has 0 spiro atoms. The number of imidazole rings is 1. The topological polar surface area (TPSA) is 64.9 Å². The molecule has 0 atom stereocenters. The normalized spacial score (nSPS) is 10.7. The van der Waals surface area contributed by atoms with Gasteiger partial charge >= 0.3 is 6.61 Å². The molecular formula is C25H35F2N3O3. The zero-order valence-electron chi connectivity index (χ0n) is 20.9.